The van der Waals surface area contributed by atoms with Crippen molar-refractivity contribution in [1.82, 2.24) is 9.88 Å². The van der Waals surface area contributed by atoms with Crippen LogP contribution in [0, 0.1) is 0 Å². The zero-order chi connectivity index (χ0) is 20.1. The molecule has 1 aromatic rings. The SMILES string of the molecule is CC(C)(C)OC(=O)N1CCN(c2ccc(CCCOS(C)(=O)=O)cn2)CC1. The Kier molecular flexibility index (Phi) is 7.05. The number of hydrogen-bond donors (Lipinski definition) is 0. The molecule has 0 atom stereocenters. The number of piperazine rings is 1. The number of rotatable bonds is 6. The predicted molar refractivity (Wildman–Crippen MR) is 103 cm³/mol. The zero-order valence-corrected chi connectivity index (χ0v) is 17.3. The minimum absolute atomic E-state index is 0.174. The smallest absolute Gasteiger partial charge is 0.410 e. The summed E-state index contributed by atoms with van der Waals surface area (Å²) in [5.74, 6) is 0.870. The summed E-state index contributed by atoms with van der Waals surface area (Å²) in [5, 5.41) is 0. The number of pyridine rings is 1. The fourth-order valence-electron chi connectivity index (χ4n) is 2.68. The molecular weight excluding hydrogens is 370 g/mol. The Labute approximate surface area is 161 Å². The number of carbonyl (C=O) groups is 1. The van der Waals surface area contributed by atoms with Crippen LogP contribution in [0.2, 0.25) is 0 Å². The van der Waals surface area contributed by atoms with Crippen LogP contribution in [-0.2, 0) is 25.5 Å². The van der Waals surface area contributed by atoms with Gasteiger partial charge in [0.1, 0.15) is 11.4 Å². The molecule has 1 amide bonds. The van der Waals surface area contributed by atoms with Gasteiger partial charge < -0.3 is 14.5 Å². The first-order valence-corrected chi connectivity index (χ1v) is 10.9. The molecule has 0 aliphatic carbocycles. The molecule has 152 valence electrons. The second kappa shape index (κ2) is 8.88. The Balaban J connectivity index is 1.79. The molecule has 1 aromatic heterocycles. The Hall–Kier alpha value is -1.87. The fourth-order valence-corrected chi connectivity index (χ4v) is 3.10. The molecule has 27 heavy (non-hydrogen) atoms. The van der Waals surface area contributed by atoms with Gasteiger partial charge in [-0.2, -0.15) is 8.42 Å². The van der Waals surface area contributed by atoms with Crippen LogP contribution >= 0.6 is 0 Å². The van der Waals surface area contributed by atoms with Crippen molar-refractivity contribution in [2.24, 2.45) is 0 Å². The first-order chi connectivity index (χ1) is 12.5. The molecule has 8 nitrogen and oxygen atoms in total. The summed E-state index contributed by atoms with van der Waals surface area (Å²) in [6.07, 6.45) is 3.89. The average Bonchev–Trinajstić information content (AvgIpc) is 2.57. The molecule has 0 bridgehead atoms. The Bertz CT molecular complexity index is 720. The van der Waals surface area contributed by atoms with Gasteiger partial charge in [0.05, 0.1) is 12.9 Å². The van der Waals surface area contributed by atoms with Gasteiger partial charge in [0.15, 0.2) is 0 Å². The van der Waals surface area contributed by atoms with Crippen LogP contribution in [0.4, 0.5) is 10.6 Å². The highest BCUT2D eigenvalue weighted by atomic mass is 32.2. The van der Waals surface area contributed by atoms with Crippen molar-refractivity contribution in [1.29, 1.82) is 0 Å². The fraction of sp³-hybridized carbons (Fsp3) is 0.667. The number of carbonyl (C=O) groups excluding carboxylic acids is 1. The molecule has 9 heteroatoms. The predicted octanol–water partition coefficient (Wildman–Crippen LogP) is 2.05. The molecule has 0 aromatic carbocycles. The van der Waals surface area contributed by atoms with E-state index in [4.69, 9.17) is 8.92 Å². The van der Waals surface area contributed by atoms with Crippen molar-refractivity contribution in [3.8, 4) is 0 Å². The maximum atomic E-state index is 12.1. The molecule has 0 spiro atoms. The number of nitrogens with zero attached hydrogens (tertiary/aromatic N) is 3. The highest BCUT2D eigenvalue weighted by molar-refractivity contribution is 7.85. The van der Waals surface area contributed by atoms with Gasteiger partial charge in [-0.1, -0.05) is 6.07 Å². The van der Waals surface area contributed by atoms with Gasteiger partial charge in [-0.3, -0.25) is 4.18 Å². The average molecular weight is 400 g/mol. The number of aromatic nitrogens is 1. The van der Waals surface area contributed by atoms with E-state index in [0.717, 1.165) is 17.6 Å². The first-order valence-electron chi connectivity index (χ1n) is 9.06. The van der Waals surface area contributed by atoms with Gasteiger partial charge in [-0.15, -0.1) is 0 Å². The van der Waals surface area contributed by atoms with E-state index in [1.54, 1.807) is 11.1 Å². The Morgan fingerprint density at radius 2 is 1.85 bits per heavy atom. The van der Waals surface area contributed by atoms with Gasteiger partial charge in [0, 0.05) is 32.4 Å². The first kappa shape index (κ1) is 21.4. The summed E-state index contributed by atoms with van der Waals surface area (Å²) < 4.78 is 32.0. The van der Waals surface area contributed by atoms with Crippen molar-refractivity contribution in [3.63, 3.8) is 0 Å². The second-order valence-electron chi connectivity index (χ2n) is 7.61. The highest BCUT2D eigenvalue weighted by Crippen LogP contribution is 2.17. The molecular formula is C18H29N3O5S. The third-order valence-corrected chi connectivity index (χ3v) is 4.57. The topological polar surface area (TPSA) is 89.0 Å². The van der Waals surface area contributed by atoms with E-state index in [2.05, 4.69) is 9.88 Å². The third-order valence-electron chi connectivity index (χ3n) is 3.97. The van der Waals surface area contributed by atoms with E-state index in [-0.39, 0.29) is 12.7 Å². The van der Waals surface area contributed by atoms with Crippen LogP contribution in [0.25, 0.3) is 0 Å². The lowest BCUT2D eigenvalue weighted by Gasteiger charge is -2.36. The number of anilines is 1. The molecule has 1 aliphatic heterocycles. The normalized spacial score (nSPS) is 15.7. The molecule has 1 fully saturated rings. The van der Waals surface area contributed by atoms with E-state index in [9.17, 15) is 13.2 Å². The van der Waals surface area contributed by atoms with Crippen LogP contribution in [-0.4, -0.2) is 69.0 Å². The summed E-state index contributed by atoms with van der Waals surface area (Å²) in [6.45, 7) is 8.36. The summed E-state index contributed by atoms with van der Waals surface area (Å²) in [7, 11) is -3.38. The standard InChI is InChI=1S/C18H29N3O5S/c1-18(2,3)26-17(22)21-11-9-20(10-12-21)16-8-7-15(14-19-16)6-5-13-25-27(4,23)24/h7-8,14H,5-6,9-13H2,1-4H3. The number of amides is 1. The van der Waals surface area contributed by atoms with Crippen LogP contribution in [0.1, 0.15) is 32.8 Å². The van der Waals surface area contributed by atoms with Crippen molar-refractivity contribution < 1.29 is 22.1 Å². The number of ether oxygens (including phenoxy) is 1. The maximum absolute atomic E-state index is 12.1. The molecule has 0 radical (unpaired) electrons. The quantitative estimate of drug-likeness (QED) is 0.534. The monoisotopic (exact) mass is 399 g/mol. The highest BCUT2D eigenvalue weighted by Gasteiger charge is 2.26. The van der Waals surface area contributed by atoms with Crippen molar-refractivity contribution in [3.05, 3.63) is 23.9 Å². The van der Waals surface area contributed by atoms with E-state index in [0.29, 0.717) is 39.0 Å². The van der Waals surface area contributed by atoms with Gasteiger partial charge in [0.2, 0.25) is 0 Å². The van der Waals surface area contributed by atoms with Gasteiger partial charge >= 0.3 is 6.09 Å². The van der Waals surface area contributed by atoms with Crippen molar-refractivity contribution in [2.75, 3.05) is 43.9 Å². The third kappa shape index (κ3) is 7.72. The van der Waals surface area contributed by atoms with Crippen molar-refractivity contribution >= 4 is 22.0 Å². The molecule has 2 heterocycles. The van der Waals surface area contributed by atoms with E-state index in [1.807, 2.05) is 32.9 Å². The van der Waals surface area contributed by atoms with E-state index >= 15 is 0 Å². The lowest BCUT2D eigenvalue weighted by atomic mass is 10.1. The molecule has 1 saturated heterocycles. The lowest BCUT2D eigenvalue weighted by Crippen LogP contribution is -2.50. The molecule has 0 saturated carbocycles. The van der Waals surface area contributed by atoms with E-state index in [1.165, 1.54) is 0 Å². The van der Waals surface area contributed by atoms with Gasteiger partial charge in [0.25, 0.3) is 10.1 Å². The second-order valence-corrected chi connectivity index (χ2v) is 9.25. The molecule has 0 N–H and O–H groups in total. The van der Waals surface area contributed by atoms with Crippen LogP contribution < -0.4 is 4.90 Å². The van der Waals surface area contributed by atoms with E-state index < -0.39 is 15.7 Å². The Morgan fingerprint density at radius 3 is 2.37 bits per heavy atom. The maximum Gasteiger partial charge on any atom is 0.410 e. The largest absolute Gasteiger partial charge is 0.444 e. The van der Waals surface area contributed by atoms with Gasteiger partial charge in [-0.25, -0.2) is 9.78 Å². The lowest BCUT2D eigenvalue weighted by molar-refractivity contribution is 0.0240. The van der Waals surface area contributed by atoms with Crippen LogP contribution in [0.3, 0.4) is 0 Å². The minimum atomic E-state index is -3.38. The summed E-state index contributed by atoms with van der Waals surface area (Å²) in [5.41, 5.74) is 0.543. The number of hydrogen-bond acceptors (Lipinski definition) is 7. The molecule has 0 unspecified atom stereocenters. The molecule has 1 aliphatic rings. The van der Waals surface area contributed by atoms with Gasteiger partial charge in [-0.05, 0) is 45.2 Å². The zero-order valence-electron chi connectivity index (χ0n) is 16.5. The minimum Gasteiger partial charge on any atom is -0.444 e. The van der Waals surface area contributed by atoms with Crippen LogP contribution in [0.15, 0.2) is 18.3 Å². The van der Waals surface area contributed by atoms with Crippen LogP contribution in [0.5, 0.6) is 0 Å². The Morgan fingerprint density at radius 1 is 1.19 bits per heavy atom. The summed E-state index contributed by atoms with van der Waals surface area (Å²) in [6, 6.07) is 3.94. The summed E-state index contributed by atoms with van der Waals surface area (Å²) >= 11 is 0. The molecule has 2 rings (SSSR count). The number of aryl methyl sites for hydroxylation is 1. The summed E-state index contributed by atoms with van der Waals surface area (Å²) in [4.78, 5) is 20.5. The van der Waals surface area contributed by atoms with Crippen molar-refractivity contribution in [2.45, 2.75) is 39.2 Å².